The number of benzene rings is 3. The Morgan fingerprint density at radius 2 is 1.42 bits per heavy atom. The molecular weight excluding hydrogens is 394 g/mol. The van der Waals surface area contributed by atoms with Crippen molar-refractivity contribution in [1.29, 1.82) is 0 Å². The zero-order valence-electron chi connectivity index (χ0n) is 17.5. The average Bonchev–Trinajstić information content (AvgIpc) is 2.74. The molecule has 0 saturated heterocycles. The molecule has 7 heteroatoms. The maximum absolute atomic E-state index is 12.8. The van der Waals surface area contributed by atoms with E-state index >= 15 is 0 Å². The van der Waals surface area contributed by atoms with E-state index in [1.54, 1.807) is 42.5 Å². The predicted molar refractivity (Wildman–Crippen MR) is 121 cm³/mol. The van der Waals surface area contributed by atoms with Crippen LogP contribution in [-0.2, 0) is 9.53 Å². The number of carbonyl (C=O) groups excluding carboxylic acids is 3. The Bertz CT molecular complexity index is 1110. The molecule has 0 saturated carbocycles. The molecule has 0 radical (unpaired) electrons. The zero-order valence-corrected chi connectivity index (χ0v) is 17.5. The summed E-state index contributed by atoms with van der Waals surface area (Å²) in [6.45, 7) is 3.39. The highest BCUT2D eigenvalue weighted by atomic mass is 16.5. The minimum Gasteiger partial charge on any atom is -0.453 e. The van der Waals surface area contributed by atoms with Crippen LogP contribution in [0, 0.1) is 6.92 Å². The number of aryl methyl sites for hydroxylation is 1. The average molecular weight is 417 g/mol. The number of rotatable bonds is 5. The molecule has 3 amide bonds. The second kappa shape index (κ2) is 9.58. The van der Waals surface area contributed by atoms with Crippen LogP contribution in [0.25, 0.3) is 11.1 Å². The molecule has 0 fully saturated rings. The lowest BCUT2D eigenvalue weighted by atomic mass is 10.0. The van der Waals surface area contributed by atoms with Gasteiger partial charge in [0.1, 0.15) is 0 Å². The lowest BCUT2D eigenvalue weighted by molar-refractivity contribution is -0.114. The van der Waals surface area contributed by atoms with Crippen molar-refractivity contribution in [3.8, 4) is 11.1 Å². The van der Waals surface area contributed by atoms with Crippen molar-refractivity contribution in [1.82, 2.24) is 0 Å². The van der Waals surface area contributed by atoms with Crippen LogP contribution >= 0.6 is 0 Å². The molecule has 3 aromatic rings. The van der Waals surface area contributed by atoms with E-state index in [4.69, 9.17) is 0 Å². The van der Waals surface area contributed by atoms with Gasteiger partial charge in [-0.15, -0.1) is 0 Å². The Kier molecular flexibility index (Phi) is 6.67. The Balaban J connectivity index is 1.95. The first-order valence-electron chi connectivity index (χ1n) is 9.61. The lowest BCUT2D eigenvalue weighted by Crippen LogP contribution is -2.14. The summed E-state index contributed by atoms with van der Waals surface area (Å²) in [4.78, 5) is 35.6. The van der Waals surface area contributed by atoms with Crippen molar-refractivity contribution in [3.63, 3.8) is 0 Å². The summed E-state index contributed by atoms with van der Waals surface area (Å²) in [7, 11) is 1.28. The molecule has 3 aromatic carbocycles. The molecule has 0 aliphatic carbocycles. The third-order valence-corrected chi connectivity index (χ3v) is 4.53. The van der Waals surface area contributed by atoms with Gasteiger partial charge in [-0.2, -0.15) is 0 Å². The Morgan fingerprint density at radius 1 is 0.774 bits per heavy atom. The van der Waals surface area contributed by atoms with E-state index in [0.717, 1.165) is 16.7 Å². The predicted octanol–water partition coefficient (Wildman–Crippen LogP) is 5.05. The van der Waals surface area contributed by atoms with E-state index in [1.807, 2.05) is 31.2 Å². The van der Waals surface area contributed by atoms with Crippen LogP contribution in [-0.4, -0.2) is 25.0 Å². The summed E-state index contributed by atoms with van der Waals surface area (Å²) >= 11 is 0. The van der Waals surface area contributed by atoms with Gasteiger partial charge in [0.2, 0.25) is 5.91 Å². The smallest absolute Gasteiger partial charge is 0.411 e. The molecule has 31 heavy (non-hydrogen) atoms. The highest BCUT2D eigenvalue weighted by Gasteiger charge is 2.13. The Labute approximate surface area is 180 Å². The molecule has 3 rings (SSSR count). The van der Waals surface area contributed by atoms with Gasteiger partial charge in [0.25, 0.3) is 5.91 Å². The van der Waals surface area contributed by atoms with Crippen LogP contribution in [0.1, 0.15) is 22.8 Å². The van der Waals surface area contributed by atoms with E-state index in [0.29, 0.717) is 22.6 Å². The second-order valence-electron chi connectivity index (χ2n) is 6.96. The second-order valence-corrected chi connectivity index (χ2v) is 6.96. The standard InChI is InChI=1S/C24H23N3O4/c1-15-4-6-18(7-5-15)23(29)27-22-14-20(26-24(30)31-3)12-13-21(22)17-8-10-19(11-9-17)25-16(2)28/h4-14H,1-3H3,(H,25,28)(H,26,30)(H,27,29). The topological polar surface area (TPSA) is 96.5 Å². The highest BCUT2D eigenvalue weighted by molar-refractivity contribution is 6.07. The molecule has 0 spiro atoms. The minimum absolute atomic E-state index is 0.156. The summed E-state index contributed by atoms with van der Waals surface area (Å²) in [5, 5.41) is 8.25. The maximum atomic E-state index is 12.8. The third-order valence-electron chi connectivity index (χ3n) is 4.53. The number of hydrogen-bond donors (Lipinski definition) is 3. The van der Waals surface area contributed by atoms with E-state index < -0.39 is 6.09 Å². The number of anilines is 3. The van der Waals surface area contributed by atoms with Gasteiger partial charge >= 0.3 is 6.09 Å². The third kappa shape index (κ3) is 5.70. The van der Waals surface area contributed by atoms with Crippen molar-refractivity contribution in [2.75, 3.05) is 23.1 Å². The molecule has 0 unspecified atom stereocenters. The van der Waals surface area contributed by atoms with Gasteiger partial charge in [0, 0.05) is 29.4 Å². The summed E-state index contributed by atoms with van der Waals surface area (Å²) in [5.74, 6) is -0.427. The number of hydrogen-bond acceptors (Lipinski definition) is 4. The Hall–Kier alpha value is -4.13. The van der Waals surface area contributed by atoms with E-state index in [1.165, 1.54) is 14.0 Å². The molecule has 0 aliphatic rings. The van der Waals surface area contributed by atoms with E-state index in [2.05, 4.69) is 20.7 Å². The van der Waals surface area contributed by atoms with Gasteiger partial charge in [-0.3, -0.25) is 14.9 Å². The van der Waals surface area contributed by atoms with Crippen molar-refractivity contribution < 1.29 is 19.1 Å². The summed E-state index contributed by atoms with van der Waals surface area (Å²) < 4.78 is 4.64. The van der Waals surface area contributed by atoms with Crippen LogP contribution in [0.15, 0.2) is 66.7 Å². The van der Waals surface area contributed by atoms with E-state index in [9.17, 15) is 14.4 Å². The molecule has 0 atom stereocenters. The zero-order chi connectivity index (χ0) is 22.4. The van der Waals surface area contributed by atoms with Gasteiger partial charge in [-0.05, 0) is 48.9 Å². The SMILES string of the molecule is COC(=O)Nc1ccc(-c2ccc(NC(C)=O)cc2)c(NC(=O)c2ccc(C)cc2)c1. The van der Waals surface area contributed by atoms with E-state index in [-0.39, 0.29) is 11.8 Å². The number of methoxy groups -OCH3 is 1. The Morgan fingerprint density at radius 3 is 2.03 bits per heavy atom. The van der Waals surface area contributed by atoms with Gasteiger partial charge in [-0.1, -0.05) is 35.9 Å². The minimum atomic E-state index is -0.608. The van der Waals surface area contributed by atoms with Gasteiger partial charge < -0.3 is 15.4 Å². The lowest BCUT2D eigenvalue weighted by Gasteiger charge is -2.14. The fourth-order valence-electron chi connectivity index (χ4n) is 2.98. The fourth-order valence-corrected chi connectivity index (χ4v) is 2.98. The largest absolute Gasteiger partial charge is 0.453 e. The normalized spacial score (nSPS) is 10.2. The van der Waals surface area contributed by atoms with Gasteiger partial charge in [0.05, 0.1) is 12.8 Å². The van der Waals surface area contributed by atoms with Crippen LogP contribution in [0.5, 0.6) is 0 Å². The maximum Gasteiger partial charge on any atom is 0.411 e. The fraction of sp³-hybridized carbons (Fsp3) is 0.125. The van der Waals surface area contributed by atoms with Crippen LogP contribution < -0.4 is 16.0 Å². The summed E-state index contributed by atoms with van der Waals surface area (Å²) in [6.07, 6.45) is -0.608. The molecule has 0 bridgehead atoms. The van der Waals surface area contributed by atoms with Crippen molar-refractivity contribution in [2.24, 2.45) is 0 Å². The van der Waals surface area contributed by atoms with Crippen molar-refractivity contribution in [2.45, 2.75) is 13.8 Å². The van der Waals surface area contributed by atoms with Crippen molar-refractivity contribution >= 4 is 35.0 Å². The molecule has 0 aromatic heterocycles. The monoisotopic (exact) mass is 417 g/mol. The molecule has 3 N–H and O–H groups in total. The number of ether oxygens (including phenoxy) is 1. The molecule has 0 heterocycles. The summed E-state index contributed by atoms with van der Waals surface area (Å²) in [5.41, 5.74) is 4.83. The first-order valence-corrected chi connectivity index (χ1v) is 9.61. The number of amides is 3. The van der Waals surface area contributed by atoms with Gasteiger partial charge in [-0.25, -0.2) is 4.79 Å². The summed E-state index contributed by atoms with van der Waals surface area (Å²) in [6, 6.07) is 19.7. The first kappa shape index (κ1) is 21.6. The molecule has 158 valence electrons. The van der Waals surface area contributed by atoms with Crippen LogP contribution in [0.3, 0.4) is 0 Å². The number of nitrogens with one attached hydrogen (secondary N) is 3. The number of carbonyl (C=O) groups is 3. The molecule has 7 nitrogen and oxygen atoms in total. The highest BCUT2D eigenvalue weighted by Crippen LogP contribution is 2.32. The quantitative estimate of drug-likeness (QED) is 0.541. The van der Waals surface area contributed by atoms with Crippen LogP contribution in [0.2, 0.25) is 0 Å². The van der Waals surface area contributed by atoms with Crippen molar-refractivity contribution in [3.05, 3.63) is 77.9 Å². The molecular formula is C24H23N3O4. The first-order chi connectivity index (χ1) is 14.9. The molecule has 0 aliphatic heterocycles. The van der Waals surface area contributed by atoms with Crippen LogP contribution in [0.4, 0.5) is 21.9 Å². The van der Waals surface area contributed by atoms with Gasteiger partial charge in [0.15, 0.2) is 0 Å².